The Morgan fingerprint density at radius 2 is 1.96 bits per heavy atom. The first-order valence-electron chi connectivity index (χ1n) is 7.66. The van der Waals surface area contributed by atoms with E-state index in [0.717, 1.165) is 34.5 Å². The number of guanidine groups is 1. The number of aryl methyl sites for hydroxylation is 3. The maximum atomic E-state index is 5.76. The number of hydrogen-bond donors (Lipinski definition) is 2. The van der Waals surface area contributed by atoms with Crippen molar-refractivity contribution in [1.82, 2.24) is 15.6 Å². The molecule has 0 saturated carbocycles. The summed E-state index contributed by atoms with van der Waals surface area (Å²) in [5, 5.41) is 7.65. The maximum Gasteiger partial charge on any atom is 0.191 e. The molecule has 2 aromatic rings. The number of rotatable bonds is 6. The molecule has 7 heteroatoms. The van der Waals surface area contributed by atoms with Gasteiger partial charge in [0.2, 0.25) is 0 Å². The standard InChI is InChI=1S/C17H24N4OS.HI/c1-12-7-5-6-8-15(12)22-10-9-19-17(18-4)20-11-16-13(2)21-14(3)23-16;/h5-8H,9-11H2,1-4H3,(H2,18,19,20);1H. The van der Waals surface area contributed by atoms with Crippen LogP contribution in [-0.2, 0) is 6.54 Å². The number of nitrogens with one attached hydrogen (secondary N) is 2. The van der Waals surface area contributed by atoms with Crippen molar-refractivity contribution >= 4 is 41.3 Å². The fraction of sp³-hybridized carbons (Fsp3) is 0.412. The average molecular weight is 460 g/mol. The molecule has 0 aliphatic carbocycles. The predicted molar refractivity (Wildman–Crippen MR) is 112 cm³/mol. The number of para-hydroxylation sites is 1. The summed E-state index contributed by atoms with van der Waals surface area (Å²) < 4.78 is 5.76. The van der Waals surface area contributed by atoms with Crippen molar-refractivity contribution in [3.8, 4) is 5.75 Å². The third-order valence-electron chi connectivity index (χ3n) is 3.39. The molecule has 24 heavy (non-hydrogen) atoms. The predicted octanol–water partition coefficient (Wildman–Crippen LogP) is 3.43. The first-order chi connectivity index (χ1) is 11.1. The molecule has 0 bridgehead atoms. The molecule has 132 valence electrons. The second kappa shape index (κ2) is 10.5. The van der Waals surface area contributed by atoms with Gasteiger partial charge in [-0.3, -0.25) is 4.99 Å². The smallest absolute Gasteiger partial charge is 0.191 e. The van der Waals surface area contributed by atoms with Crippen molar-refractivity contribution in [2.75, 3.05) is 20.2 Å². The largest absolute Gasteiger partial charge is 0.491 e. The van der Waals surface area contributed by atoms with Gasteiger partial charge in [0.25, 0.3) is 0 Å². The van der Waals surface area contributed by atoms with Crippen molar-refractivity contribution in [2.24, 2.45) is 4.99 Å². The van der Waals surface area contributed by atoms with Crippen molar-refractivity contribution in [1.29, 1.82) is 0 Å². The lowest BCUT2D eigenvalue weighted by Gasteiger charge is -2.13. The zero-order chi connectivity index (χ0) is 16.7. The van der Waals surface area contributed by atoms with Gasteiger partial charge in [0.05, 0.1) is 23.8 Å². The third-order valence-corrected chi connectivity index (χ3v) is 4.46. The number of benzene rings is 1. The minimum Gasteiger partial charge on any atom is -0.491 e. The number of halogens is 1. The van der Waals surface area contributed by atoms with Gasteiger partial charge in [0.15, 0.2) is 5.96 Å². The van der Waals surface area contributed by atoms with Crippen molar-refractivity contribution in [2.45, 2.75) is 27.3 Å². The number of thiazole rings is 1. The van der Waals surface area contributed by atoms with E-state index in [9.17, 15) is 0 Å². The summed E-state index contributed by atoms with van der Waals surface area (Å²) in [5.74, 6) is 1.69. The quantitative estimate of drug-likeness (QED) is 0.300. The Bertz CT molecular complexity index is 672. The number of ether oxygens (including phenoxy) is 1. The van der Waals surface area contributed by atoms with Crippen LogP contribution in [-0.4, -0.2) is 31.1 Å². The van der Waals surface area contributed by atoms with Crippen molar-refractivity contribution in [3.63, 3.8) is 0 Å². The molecule has 1 heterocycles. The Labute approximate surface area is 165 Å². The van der Waals surface area contributed by atoms with Crippen LogP contribution in [0.25, 0.3) is 0 Å². The van der Waals surface area contributed by atoms with Gasteiger partial charge < -0.3 is 15.4 Å². The monoisotopic (exact) mass is 460 g/mol. The fourth-order valence-corrected chi connectivity index (χ4v) is 3.05. The molecule has 1 aromatic carbocycles. The highest BCUT2D eigenvalue weighted by Crippen LogP contribution is 2.16. The van der Waals surface area contributed by atoms with Crippen LogP contribution in [0.4, 0.5) is 0 Å². The number of hydrogen-bond acceptors (Lipinski definition) is 4. The summed E-state index contributed by atoms with van der Waals surface area (Å²) in [4.78, 5) is 9.89. The summed E-state index contributed by atoms with van der Waals surface area (Å²) >= 11 is 1.71. The van der Waals surface area contributed by atoms with Gasteiger partial charge >= 0.3 is 0 Å². The second-order valence-corrected chi connectivity index (χ2v) is 6.50. The Balaban J connectivity index is 0.00000288. The van der Waals surface area contributed by atoms with Gasteiger partial charge in [-0.2, -0.15) is 0 Å². The van der Waals surface area contributed by atoms with E-state index in [1.807, 2.05) is 45.0 Å². The van der Waals surface area contributed by atoms with Gasteiger partial charge in [0.1, 0.15) is 12.4 Å². The fourth-order valence-electron chi connectivity index (χ4n) is 2.17. The maximum absolute atomic E-state index is 5.76. The molecular formula is C17H25IN4OS. The van der Waals surface area contributed by atoms with Crippen LogP contribution in [0.5, 0.6) is 5.75 Å². The molecule has 2 N–H and O–H groups in total. The molecule has 0 radical (unpaired) electrons. The Morgan fingerprint density at radius 3 is 2.58 bits per heavy atom. The number of nitrogens with zero attached hydrogens (tertiary/aromatic N) is 2. The Morgan fingerprint density at radius 1 is 1.21 bits per heavy atom. The van der Waals surface area contributed by atoms with Crippen molar-refractivity contribution < 1.29 is 4.74 Å². The summed E-state index contributed by atoms with van der Waals surface area (Å²) in [6.07, 6.45) is 0. The molecule has 5 nitrogen and oxygen atoms in total. The second-order valence-electron chi connectivity index (χ2n) is 5.21. The molecule has 0 amide bonds. The van der Waals surface area contributed by atoms with Crippen LogP contribution in [0.15, 0.2) is 29.3 Å². The lowest BCUT2D eigenvalue weighted by molar-refractivity contribution is 0.320. The van der Waals surface area contributed by atoms with Crippen molar-refractivity contribution in [3.05, 3.63) is 45.4 Å². The van der Waals surface area contributed by atoms with Crippen LogP contribution in [0.1, 0.15) is 21.1 Å². The summed E-state index contributed by atoms with van der Waals surface area (Å²) in [5.41, 5.74) is 2.23. The van der Waals surface area contributed by atoms with Gasteiger partial charge in [-0.25, -0.2) is 4.98 Å². The highest BCUT2D eigenvalue weighted by Gasteiger charge is 2.05. The number of aromatic nitrogens is 1. The van der Waals surface area contributed by atoms with Gasteiger partial charge in [-0.05, 0) is 32.4 Å². The van der Waals surface area contributed by atoms with E-state index in [2.05, 4.69) is 20.6 Å². The summed E-state index contributed by atoms with van der Waals surface area (Å²) in [6.45, 7) is 8.11. The van der Waals surface area contributed by atoms with Crippen LogP contribution in [0.3, 0.4) is 0 Å². The van der Waals surface area contributed by atoms with E-state index in [4.69, 9.17) is 4.74 Å². The lowest BCUT2D eigenvalue weighted by Crippen LogP contribution is -2.38. The van der Waals surface area contributed by atoms with Gasteiger partial charge in [0, 0.05) is 11.9 Å². The zero-order valence-corrected chi connectivity index (χ0v) is 17.7. The molecule has 0 atom stereocenters. The topological polar surface area (TPSA) is 58.5 Å². The van der Waals surface area contributed by atoms with Gasteiger partial charge in [-0.15, -0.1) is 35.3 Å². The summed E-state index contributed by atoms with van der Waals surface area (Å²) in [7, 11) is 1.77. The Hall–Kier alpha value is -1.35. The third kappa shape index (κ3) is 6.27. The minimum absolute atomic E-state index is 0. The van der Waals surface area contributed by atoms with Crippen LogP contribution in [0, 0.1) is 20.8 Å². The van der Waals surface area contributed by atoms with E-state index in [1.165, 1.54) is 4.88 Å². The van der Waals surface area contributed by atoms with Crippen LogP contribution < -0.4 is 15.4 Å². The van der Waals surface area contributed by atoms with E-state index in [1.54, 1.807) is 18.4 Å². The first-order valence-corrected chi connectivity index (χ1v) is 8.47. The zero-order valence-electron chi connectivity index (χ0n) is 14.5. The van der Waals surface area contributed by atoms with E-state index >= 15 is 0 Å². The van der Waals surface area contributed by atoms with E-state index in [-0.39, 0.29) is 24.0 Å². The molecule has 0 saturated heterocycles. The molecule has 1 aromatic heterocycles. The molecule has 0 spiro atoms. The SMILES string of the molecule is CN=C(NCCOc1ccccc1C)NCc1sc(C)nc1C.I. The van der Waals surface area contributed by atoms with E-state index < -0.39 is 0 Å². The van der Waals surface area contributed by atoms with E-state index in [0.29, 0.717) is 13.2 Å². The molecule has 0 aliphatic rings. The van der Waals surface area contributed by atoms with Crippen LogP contribution >= 0.6 is 35.3 Å². The van der Waals surface area contributed by atoms with Crippen LogP contribution in [0.2, 0.25) is 0 Å². The molecular weight excluding hydrogens is 435 g/mol. The molecule has 2 rings (SSSR count). The minimum atomic E-state index is 0. The number of aliphatic imine (C=N–C) groups is 1. The Kier molecular flexibility index (Phi) is 9.05. The first kappa shape index (κ1) is 20.7. The molecule has 0 fully saturated rings. The highest BCUT2D eigenvalue weighted by molar-refractivity contribution is 14.0. The normalized spacial score (nSPS) is 10.9. The van der Waals surface area contributed by atoms with Gasteiger partial charge in [-0.1, -0.05) is 18.2 Å². The highest BCUT2D eigenvalue weighted by atomic mass is 127. The summed E-state index contributed by atoms with van der Waals surface area (Å²) in [6, 6.07) is 8.02. The molecule has 0 aliphatic heterocycles. The average Bonchev–Trinajstić information content (AvgIpc) is 2.86. The lowest BCUT2D eigenvalue weighted by atomic mass is 10.2. The molecule has 0 unspecified atom stereocenters.